The van der Waals surface area contributed by atoms with Gasteiger partial charge in [0, 0.05) is 6.04 Å². The van der Waals surface area contributed by atoms with E-state index in [1.54, 1.807) is 0 Å². The molecule has 1 nitrogen and oxygen atoms in total. The van der Waals surface area contributed by atoms with Crippen molar-refractivity contribution in [2.75, 3.05) is 18.6 Å². The zero-order valence-corrected chi connectivity index (χ0v) is 10.5. The lowest BCUT2D eigenvalue weighted by atomic mass is 9.96. The van der Waals surface area contributed by atoms with Crippen molar-refractivity contribution in [2.24, 2.45) is 5.92 Å². The Morgan fingerprint density at radius 3 is 2.64 bits per heavy atom. The van der Waals surface area contributed by atoms with Crippen LogP contribution in [0.3, 0.4) is 0 Å². The van der Waals surface area contributed by atoms with Crippen LogP contribution in [0.4, 0.5) is 0 Å². The predicted octanol–water partition coefficient (Wildman–Crippen LogP) is 3.30. The normalized spacial score (nSPS) is 20.1. The fraction of sp³-hybridized carbons (Fsp3) is 1.00. The number of nitrogens with one attached hydrogen (secondary N) is 1. The zero-order valence-electron chi connectivity index (χ0n) is 9.72. The third kappa shape index (κ3) is 4.22. The molecule has 0 aliphatic heterocycles. The number of hydrogen-bond acceptors (Lipinski definition) is 2. The highest BCUT2D eigenvalue weighted by Crippen LogP contribution is 2.29. The van der Waals surface area contributed by atoms with Crippen molar-refractivity contribution < 1.29 is 0 Å². The average molecular weight is 215 g/mol. The van der Waals surface area contributed by atoms with Crippen molar-refractivity contribution in [3.05, 3.63) is 0 Å². The van der Waals surface area contributed by atoms with E-state index < -0.39 is 0 Å². The molecule has 1 aliphatic rings. The Bertz CT molecular complexity index is 124. The first kappa shape index (κ1) is 12.4. The van der Waals surface area contributed by atoms with Crippen molar-refractivity contribution in [1.29, 1.82) is 0 Å². The molecule has 0 heterocycles. The summed E-state index contributed by atoms with van der Waals surface area (Å²) in [6.45, 7) is 3.46. The van der Waals surface area contributed by atoms with Crippen LogP contribution in [-0.2, 0) is 0 Å². The van der Waals surface area contributed by atoms with Crippen LogP contribution >= 0.6 is 11.8 Å². The standard InChI is InChI=1S/C12H25NS/c1-3-9-13-12(8-10-14-2)11-6-4-5-7-11/h11-13H,3-10H2,1-2H3. The van der Waals surface area contributed by atoms with E-state index in [0.29, 0.717) is 0 Å². The van der Waals surface area contributed by atoms with Crippen molar-refractivity contribution in [3.63, 3.8) is 0 Å². The molecule has 1 unspecified atom stereocenters. The monoisotopic (exact) mass is 215 g/mol. The van der Waals surface area contributed by atoms with Gasteiger partial charge in [-0.15, -0.1) is 0 Å². The van der Waals surface area contributed by atoms with Crippen LogP contribution in [0.15, 0.2) is 0 Å². The van der Waals surface area contributed by atoms with E-state index in [1.807, 2.05) is 11.8 Å². The summed E-state index contributed by atoms with van der Waals surface area (Å²) in [5.41, 5.74) is 0. The number of hydrogen-bond donors (Lipinski definition) is 1. The van der Waals surface area contributed by atoms with Gasteiger partial charge in [-0.05, 0) is 50.2 Å². The van der Waals surface area contributed by atoms with Crippen molar-refractivity contribution >= 4 is 11.8 Å². The van der Waals surface area contributed by atoms with E-state index in [4.69, 9.17) is 0 Å². The molecule has 0 radical (unpaired) electrons. The zero-order chi connectivity index (χ0) is 10.2. The molecule has 1 rings (SSSR count). The highest BCUT2D eigenvalue weighted by Gasteiger charge is 2.23. The molecule has 0 bridgehead atoms. The van der Waals surface area contributed by atoms with Crippen LogP contribution in [-0.4, -0.2) is 24.6 Å². The second-order valence-corrected chi connectivity index (χ2v) is 5.37. The molecular weight excluding hydrogens is 190 g/mol. The van der Waals surface area contributed by atoms with Crippen LogP contribution in [0.25, 0.3) is 0 Å². The lowest BCUT2D eigenvalue weighted by molar-refractivity contribution is 0.352. The molecular formula is C12H25NS. The second kappa shape index (κ2) is 7.58. The van der Waals surface area contributed by atoms with Gasteiger partial charge in [0.25, 0.3) is 0 Å². The third-order valence-electron chi connectivity index (χ3n) is 3.26. The van der Waals surface area contributed by atoms with Crippen LogP contribution in [0, 0.1) is 5.92 Å². The molecule has 14 heavy (non-hydrogen) atoms. The quantitative estimate of drug-likeness (QED) is 0.699. The summed E-state index contributed by atoms with van der Waals surface area (Å²) in [6.07, 6.45) is 10.7. The minimum Gasteiger partial charge on any atom is -0.314 e. The maximum Gasteiger partial charge on any atom is 0.0103 e. The van der Waals surface area contributed by atoms with Gasteiger partial charge in [0.1, 0.15) is 0 Å². The molecule has 1 aliphatic carbocycles. The maximum absolute atomic E-state index is 3.73. The fourth-order valence-electron chi connectivity index (χ4n) is 2.44. The van der Waals surface area contributed by atoms with Crippen molar-refractivity contribution in [3.8, 4) is 0 Å². The van der Waals surface area contributed by atoms with Crippen molar-refractivity contribution in [1.82, 2.24) is 5.32 Å². The first-order valence-electron chi connectivity index (χ1n) is 6.10. The van der Waals surface area contributed by atoms with E-state index in [2.05, 4.69) is 18.5 Å². The molecule has 0 aromatic rings. The molecule has 0 aromatic heterocycles. The van der Waals surface area contributed by atoms with Gasteiger partial charge in [0.05, 0.1) is 0 Å². The maximum atomic E-state index is 3.73. The predicted molar refractivity (Wildman–Crippen MR) is 67.0 cm³/mol. The summed E-state index contributed by atoms with van der Waals surface area (Å²) >= 11 is 1.98. The highest BCUT2D eigenvalue weighted by atomic mass is 32.2. The molecule has 1 saturated carbocycles. The average Bonchev–Trinajstić information content (AvgIpc) is 2.71. The molecule has 2 heteroatoms. The molecule has 84 valence electrons. The fourth-order valence-corrected chi connectivity index (χ4v) is 2.93. The Hall–Kier alpha value is 0.310. The molecule has 0 amide bonds. The summed E-state index contributed by atoms with van der Waals surface area (Å²) in [6, 6.07) is 0.810. The Labute approximate surface area is 93.4 Å². The van der Waals surface area contributed by atoms with Gasteiger partial charge in [-0.3, -0.25) is 0 Å². The molecule has 0 aromatic carbocycles. The van der Waals surface area contributed by atoms with Gasteiger partial charge >= 0.3 is 0 Å². The summed E-state index contributed by atoms with van der Waals surface area (Å²) in [5.74, 6) is 2.30. The van der Waals surface area contributed by atoms with Crippen LogP contribution in [0.1, 0.15) is 45.4 Å². The summed E-state index contributed by atoms with van der Waals surface area (Å²) in [7, 11) is 0. The minimum atomic E-state index is 0.810. The summed E-state index contributed by atoms with van der Waals surface area (Å²) in [5, 5.41) is 3.73. The second-order valence-electron chi connectivity index (χ2n) is 4.39. The lowest BCUT2D eigenvalue weighted by Crippen LogP contribution is -2.36. The summed E-state index contributed by atoms with van der Waals surface area (Å²) < 4.78 is 0. The van der Waals surface area contributed by atoms with Gasteiger partial charge in [-0.1, -0.05) is 19.8 Å². The SMILES string of the molecule is CCCNC(CCSC)C1CCCC1. The van der Waals surface area contributed by atoms with Gasteiger partial charge in [-0.25, -0.2) is 0 Å². The van der Waals surface area contributed by atoms with Gasteiger partial charge < -0.3 is 5.32 Å². The smallest absolute Gasteiger partial charge is 0.0103 e. The van der Waals surface area contributed by atoms with Gasteiger partial charge in [0.2, 0.25) is 0 Å². The Morgan fingerprint density at radius 2 is 2.07 bits per heavy atom. The number of thioether (sulfide) groups is 1. The van der Waals surface area contributed by atoms with Crippen LogP contribution in [0.5, 0.6) is 0 Å². The molecule has 0 saturated heterocycles. The van der Waals surface area contributed by atoms with E-state index in [0.717, 1.165) is 12.0 Å². The molecule has 1 fully saturated rings. The summed E-state index contributed by atoms with van der Waals surface area (Å²) in [4.78, 5) is 0. The van der Waals surface area contributed by atoms with Crippen LogP contribution < -0.4 is 5.32 Å². The highest BCUT2D eigenvalue weighted by molar-refractivity contribution is 7.98. The van der Waals surface area contributed by atoms with E-state index in [-0.39, 0.29) is 0 Å². The third-order valence-corrected chi connectivity index (χ3v) is 3.90. The minimum absolute atomic E-state index is 0.810. The van der Waals surface area contributed by atoms with Gasteiger partial charge in [0.15, 0.2) is 0 Å². The van der Waals surface area contributed by atoms with Gasteiger partial charge in [-0.2, -0.15) is 11.8 Å². The molecule has 1 N–H and O–H groups in total. The molecule has 1 atom stereocenters. The Kier molecular flexibility index (Phi) is 6.70. The number of rotatable bonds is 7. The topological polar surface area (TPSA) is 12.0 Å². The Morgan fingerprint density at radius 1 is 1.36 bits per heavy atom. The van der Waals surface area contributed by atoms with Crippen LogP contribution in [0.2, 0.25) is 0 Å². The lowest BCUT2D eigenvalue weighted by Gasteiger charge is -2.24. The first-order chi connectivity index (χ1) is 6.88. The first-order valence-corrected chi connectivity index (χ1v) is 7.50. The van der Waals surface area contributed by atoms with E-state index in [1.165, 1.54) is 50.8 Å². The van der Waals surface area contributed by atoms with E-state index >= 15 is 0 Å². The Balaban J connectivity index is 2.26. The largest absolute Gasteiger partial charge is 0.314 e. The molecule has 0 spiro atoms. The van der Waals surface area contributed by atoms with E-state index in [9.17, 15) is 0 Å². The van der Waals surface area contributed by atoms with Crippen molar-refractivity contribution in [2.45, 2.75) is 51.5 Å².